The summed E-state index contributed by atoms with van der Waals surface area (Å²) >= 11 is 0. The average Bonchev–Trinajstić information content (AvgIpc) is 1.94. The number of nitrogens with one attached hydrogen (secondary N) is 1. The number of aryl methyl sites for hydroxylation is 1. The molecule has 0 fully saturated rings. The second kappa shape index (κ2) is 4.09. The summed E-state index contributed by atoms with van der Waals surface area (Å²) in [5, 5.41) is 12.1. The van der Waals surface area contributed by atoms with E-state index in [1.54, 1.807) is 13.1 Å². The largest absolute Gasteiger partial charge is 0.506 e. The topological polar surface area (TPSA) is 32.3 Å². The standard InChI is InChI=1S/C8H11NO.ClH/c1-6-3-4-8(10)7(5-6)9-2;/h3-5,9-10H,1-2H3;1H. The fourth-order valence-corrected chi connectivity index (χ4v) is 0.850. The number of anilines is 1. The highest BCUT2D eigenvalue weighted by Gasteiger charge is 1.95. The zero-order valence-corrected chi connectivity index (χ0v) is 7.40. The molecule has 0 aromatic heterocycles. The first-order valence-corrected chi connectivity index (χ1v) is 3.21. The number of halogens is 1. The van der Waals surface area contributed by atoms with Crippen LogP contribution in [0.4, 0.5) is 5.69 Å². The van der Waals surface area contributed by atoms with Crippen molar-refractivity contribution in [3.8, 4) is 5.75 Å². The minimum absolute atomic E-state index is 0. The van der Waals surface area contributed by atoms with Gasteiger partial charge in [-0.2, -0.15) is 0 Å². The summed E-state index contributed by atoms with van der Waals surface area (Å²) in [6.07, 6.45) is 0. The predicted molar refractivity (Wildman–Crippen MR) is 49.6 cm³/mol. The second-order valence-electron chi connectivity index (χ2n) is 2.27. The monoisotopic (exact) mass is 173 g/mol. The van der Waals surface area contributed by atoms with E-state index in [0.29, 0.717) is 5.75 Å². The van der Waals surface area contributed by atoms with Gasteiger partial charge < -0.3 is 10.4 Å². The first-order chi connectivity index (χ1) is 4.74. The molecule has 0 aliphatic carbocycles. The van der Waals surface area contributed by atoms with E-state index < -0.39 is 0 Å². The van der Waals surface area contributed by atoms with Crippen LogP contribution in [0.25, 0.3) is 0 Å². The molecule has 2 nitrogen and oxygen atoms in total. The number of phenolic OH excluding ortho intramolecular Hbond substituents is 1. The minimum Gasteiger partial charge on any atom is -0.506 e. The number of phenols is 1. The van der Waals surface area contributed by atoms with Gasteiger partial charge in [-0.15, -0.1) is 12.4 Å². The molecule has 0 atom stereocenters. The Morgan fingerprint density at radius 2 is 2.00 bits per heavy atom. The molecule has 0 radical (unpaired) electrons. The van der Waals surface area contributed by atoms with E-state index in [-0.39, 0.29) is 12.4 Å². The molecular formula is C8H12ClNO. The predicted octanol–water partition coefficient (Wildman–Crippen LogP) is 2.16. The Labute approximate surface area is 72.7 Å². The molecule has 1 rings (SSSR count). The van der Waals surface area contributed by atoms with E-state index in [4.69, 9.17) is 0 Å². The summed E-state index contributed by atoms with van der Waals surface area (Å²) < 4.78 is 0. The van der Waals surface area contributed by atoms with Crippen molar-refractivity contribution in [1.29, 1.82) is 0 Å². The van der Waals surface area contributed by atoms with Crippen molar-refractivity contribution in [2.45, 2.75) is 6.92 Å². The number of hydrogen-bond acceptors (Lipinski definition) is 2. The van der Waals surface area contributed by atoms with Crippen molar-refractivity contribution in [3.05, 3.63) is 23.8 Å². The van der Waals surface area contributed by atoms with Crippen molar-refractivity contribution in [2.75, 3.05) is 12.4 Å². The summed E-state index contributed by atoms with van der Waals surface area (Å²) in [6.45, 7) is 1.99. The maximum absolute atomic E-state index is 9.17. The molecule has 62 valence electrons. The van der Waals surface area contributed by atoms with Gasteiger partial charge in [0.1, 0.15) is 5.75 Å². The summed E-state index contributed by atoms with van der Waals surface area (Å²) in [4.78, 5) is 0. The lowest BCUT2D eigenvalue weighted by Gasteiger charge is -2.02. The molecule has 3 heteroatoms. The van der Waals surface area contributed by atoms with Gasteiger partial charge in [-0.3, -0.25) is 0 Å². The Morgan fingerprint density at radius 1 is 1.36 bits per heavy atom. The van der Waals surface area contributed by atoms with Crippen molar-refractivity contribution in [3.63, 3.8) is 0 Å². The van der Waals surface area contributed by atoms with E-state index >= 15 is 0 Å². The number of benzene rings is 1. The third-order valence-electron chi connectivity index (χ3n) is 1.42. The molecule has 0 amide bonds. The van der Waals surface area contributed by atoms with E-state index in [1.165, 1.54) is 0 Å². The van der Waals surface area contributed by atoms with E-state index in [2.05, 4.69) is 5.32 Å². The minimum atomic E-state index is 0. The van der Waals surface area contributed by atoms with Gasteiger partial charge in [0.15, 0.2) is 0 Å². The molecule has 0 heterocycles. The maximum Gasteiger partial charge on any atom is 0.138 e. The number of rotatable bonds is 1. The van der Waals surface area contributed by atoms with Crippen LogP contribution in [0.5, 0.6) is 5.75 Å². The fraction of sp³-hybridized carbons (Fsp3) is 0.250. The van der Waals surface area contributed by atoms with Crippen LogP contribution in [0.15, 0.2) is 18.2 Å². The Balaban J connectivity index is 0.000001000. The summed E-state index contributed by atoms with van der Waals surface area (Å²) in [6, 6.07) is 5.45. The molecule has 0 aliphatic heterocycles. The highest BCUT2D eigenvalue weighted by Crippen LogP contribution is 2.22. The second-order valence-corrected chi connectivity index (χ2v) is 2.27. The highest BCUT2D eigenvalue weighted by atomic mass is 35.5. The molecule has 11 heavy (non-hydrogen) atoms. The molecule has 2 N–H and O–H groups in total. The van der Waals surface area contributed by atoms with Gasteiger partial charge in [0, 0.05) is 7.05 Å². The number of aromatic hydroxyl groups is 1. The highest BCUT2D eigenvalue weighted by molar-refractivity contribution is 5.85. The van der Waals surface area contributed by atoms with Gasteiger partial charge in [0.05, 0.1) is 5.69 Å². The summed E-state index contributed by atoms with van der Waals surface area (Å²) in [5.74, 6) is 0.299. The number of hydrogen-bond donors (Lipinski definition) is 2. The normalized spacial score (nSPS) is 8.55. The smallest absolute Gasteiger partial charge is 0.138 e. The zero-order valence-electron chi connectivity index (χ0n) is 6.59. The van der Waals surface area contributed by atoms with Gasteiger partial charge in [-0.05, 0) is 24.6 Å². The van der Waals surface area contributed by atoms with Crippen LogP contribution in [0.2, 0.25) is 0 Å². The van der Waals surface area contributed by atoms with Crippen LogP contribution in [-0.4, -0.2) is 12.2 Å². The van der Waals surface area contributed by atoms with Gasteiger partial charge in [0.2, 0.25) is 0 Å². The van der Waals surface area contributed by atoms with Crippen LogP contribution in [-0.2, 0) is 0 Å². The molecule has 0 spiro atoms. The third-order valence-corrected chi connectivity index (χ3v) is 1.42. The van der Waals surface area contributed by atoms with Crippen LogP contribution >= 0.6 is 12.4 Å². The molecule has 0 unspecified atom stereocenters. The van der Waals surface area contributed by atoms with Gasteiger partial charge in [-0.1, -0.05) is 6.07 Å². The van der Waals surface area contributed by atoms with Gasteiger partial charge in [0.25, 0.3) is 0 Å². The molecule has 0 saturated carbocycles. The Hall–Kier alpha value is -0.890. The Kier molecular flexibility index (Phi) is 3.76. The lowest BCUT2D eigenvalue weighted by Crippen LogP contribution is -1.88. The molecular weight excluding hydrogens is 162 g/mol. The fourth-order valence-electron chi connectivity index (χ4n) is 0.850. The molecule has 0 saturated heterocycles. The van der Waals surface area contributed by atoms with Crippen LogP contribution in [0.3, 0.4) is 0 Å². The van der Waals surface area contributed by atoms with Gasteiger partial charge >= 0.3 is 0 Å². The SMILES string of the molecule is CNc1cc(C)ccc1O.Cl. The Bertz CT molecular complexity index is 238. The van der Waals surface area contributed by atoms with E-state index in [0.717, 1.165) is 11.3 Å². The van der Waals surface area contributed by atoms with Crippen molar-refractivity contribution >= 4 is 18.1 Å². The Morgan fingerprint density at radius 3 is 2.45 bits per heavy atom. The lowest BCUT2D eigenvalue weighted by atomic mass is 10.2. The third kappa shape index (κ3) is 2.31. The van der Waals surface area contributed by atoms with Crippen LogP contribution < -0.4 is 5.32 Å². The van der Waals surface area contributed by atoms with Gasteiger partial charge in [-0.25, -0.2) is 0 Å². The van der Waals surface area contributed by atoms with Crippen molar-refractivity contribution in [2.24, 2.45) is 0 Å². The maximum atomic E-state index is 9.17. The van der Waals surface area contributed by atoms with Crippen LogP contribution in [0, 0.1) is 6.92 Å². The molecule has 1 aromatic rings. The average molecular weight is 174 g/mol. The quantitative estimate of drug-likeness (QED) is 0.638. The first-order valence-electron chi connectivity index (χ1n) is 3.21. The summed E-state index contributed by atoms with van der Waals surface area (Å²) in [5.41, 5.74) is 1.92. The molecule has 0 bridgehead atoms. The zero-order chi connectivity index (χ0) is 7.56. The van der Waals surface area contributed by atoms with E-state index in [9.17, 15) is 5.11 Å². The first kappa shape index (κ1) is 10.1. The summed E-state index contributed by atoms with van der Waals surface area (Å²) in [7, 11) is 1.79. The van der Waals surface area contributed by atoms with Crippen molar-refractivity contribution in [1.82, 2.24) is 0 Å². The lowest BCUT2D eigenvalue weighted by molar-refractivity contribution is 0.477. The molecule has 0 aliphatic rings. The van der Waals surface area contributed by atoms with Crippen molar-refractivity contribution < 1.29 is 5.11 Å². The van der Waals surface area contributed by atoms with E-state index in [1.807, 2.05) is 19.1 Å². The van der Waals surface area contributed by atoms with Crippen LogP contribution in [0.1, 0.15) is 5.56 Å². The molecule has 1 aromatic carbocycles.